The van der Waals surface area contributed by atoms with Crippen LogP contribution in [0.4, 0.5) is 5.69 Å². The molecule has 1 heterocycles. The molecule has 0 unspecified atom stereocenters. The predicted molar refractivity (Wildman–Crippen MR) is 84.9 cm³/mol. The quantitative estimate of drug-likeness (QED) is 0.488. The van der Waals surface area contributed by atoms with Crippen LogP contribution in [-0.2, 0) is 9.53 Å². The van der Waals surface area contributed by atoms with Gasteiger partial charge >= 0.3 is 5.97 Å². The Labute approximate surface area is 126 Å². The molecule has 1 aromatic heterocycles. The molecule has 0 spiro atoms. The van der Waals surface area contributed by atoms with Crippen LogP contribution in [-0.4, -0.2) is 32.1 Å². The second kappa shape index (κ2) is 7.01. The number of fused-ring (bicyclic) bond motifs is 1. The zero-order chi connectivity index (χ0) is 15.2. The van der Waals surface area contributed by atoms with E-state index in [-0.39, 0.29) is 12.5 Å². The van der Waals surface area contributed by atoms with Crippen LogP contribution < -0.4 is 10.6 Å². The maximum absolute atomic E-state index is 11.9. The largest absolute Gasteiger partial charge is 0.465 e. The molecule has 5 nitrogen and oxygen atoms in total. The van der Waals surface area contributed by atoms with Crippen molar-refractivity contribution >= 4 is 39.0 Å². The number of thiophene rings is 1. The van der Waals surface area contributed by atoms with Gasteiger partial charge < -0.3 is 15.4 Å². The number of anilines is 1. The van der Waals surface area contributed by atoms with E-state index in [4.69, 9.17) is 4.74 Å². The lowest BCUT2D eigenvalue weighted by Gasteiger charge is -2.07. The molecular formula is C15H16N2O3S. The van der Waals surface area contributed by atoms with Gasteiger partial charge in [-0.3, -0.25) is 4.79 Å². The molecule has 6 heteroatoms. The summed E-state index contributed by atoms with van der Waals surface area (Å²) in [6, 6.07) is 7.52. The van der Waals surface area contributed by atoms with E-state index in [1.165, 1.54) is 18.4 Å². The first-order chi connectivity index (χ1) is 10.2. The van der Waals surface area contributed by atoms with E-state index in [1.54, 1.807) is 6.08 Å². The maximum Gasteiger partial charge on any atom is 0.350 e. The summed E-state index contributed by atoms with van der Waals surface area (Å²) in [4.78, 5) is 24.2. The van der Waals surface area contributed by atoms with Crippen molar-refractivity contribution < 1.29 is 14.3 Å². The van der Waals surface area contributed by atoms with Crippen molar-refractivity contribution in [3.8, 4) is 0 Å². The summed E-state index contributed by atoms with van der Waals surface area (Å²) in [5.74, 6) is -0.670. The average Bonchev–Trinajstić information content (AvgIpc) is 2.85. The fourth-order valence-corrected chi connectivity index (χ4v) is 2.95. The van der Waals surface area contributed by atoms with Crippen molar-refractivity contribution in [2.24, 2.45) is 0 Å². The fourth-order valence-electron chi connectivity index (χ4n) is 1.88. The van der Waals surface area contributed by atoms with Gasteiger partial charge in [-0.2, -0.15) is 0 Å². The SMILES string of the molecule is C=CCNCC(=O)Nc1c(C(=O)OC)sc2ccccc12. The first-order valence-electron chi connectivity index (χ1n) is 6.38. The minimum absolute atomic E-state index is 0.150. The summed E-state index contributed by atoms with van der Waals surface area (Å²) in [5, 5.41) is 6.53. The smallest absolute Gasteiger partial charge is 0.350 e. The predicted octanol–water partition coefficient (Wildman–Crippen LogP) is 2.40. The van der Waals surface area contributed by atoms with Crippen LogP contribution in [0.5, 0.6) is 0 Å². The highest BCUT2D eigenvalue weighted by Gasteiger charge is 2.20. The van der Waals surface area contributed by atoms with E-state index < -0.39 is 5.97 Å². The van der Waals surface area contributed by atoms with Gasteiger partial charge in [0, 0.05) is 16.6 Å². The first-order valence-corrected chi connectivity index (χ1v) is 7.20. The highest BCUT2D eigenvalue weighted by molar-refractivity contribution is 7.21. The molecule has 0 aliphatic heterocycles. The van der Waals surface area contributed by atoms with E-state index in [0.717, 1.165) is 10.1 Å². The second-order valence-electron chi connectivity index (χ2n) is 4.26. The third kappa shape index (κ3) is 3.48. The van der Waals surface area contributed by atoms with Gasteiger partial charge in [0.2, 0.25) is 5.91 Å². The van der Waals surface area contributed by atoms with Crippen LogP contribution in [0.3, 0.4) is 0 Å². The van der Waals surface area contributed by atoms with Crippen molar-refractivity contribution in [3.05, 3.63) is 41.8 Å². The van der Waals surface area contributed by atoms with Crippen molar-refractivity contribution in [1.29, 1.82) is 0 Å². The normalized spacial score (nSPS) is 10.3. The zero-order valence-electron chi connectivity index (χ0n) is 11.6. The Bertz CT molecular complexity index is 679. The number of hydrogen-bond donors (Lipinski definition) is 2. The van der Waals surface area contributed by atoms with Crippen LogP contribution >= 0.6 is 11.3 Å². The Morgan fingerprint density at radius 3 is 2.86 bits per heavy atom. The summed E-state index contributed by atoms with van der Waals surface area (Å²) in [6.45, 7) is 4.26. The Morgan fingerprint density at radius 2 is 2.14 bits per heavy atom. The number of carbonyl (C=O) groups is 2. The van der Waals surface area contributed by atoms with Gasteiger partial charge in [0.15, 0.2) is 0 Å². The summed E-state index contributed by atoms with van der Waals surface area (Å²) < 4.78 is 5.70. The average molecular weight is 304 g/mol. The molecule has 21 heavy (non-hydrogen) atoms. The zero-order valence-corrected chi connectivity index (χ0v) is 12.5. The number of hydrogen-bond acceptors (Lipinski definition) is 5. The van der Waals surface area contributed by atoms with E-state index >= 15 is 0 Å². The molecule has 2 aromatic rings. The van der Waals surface area contributed by atoms with Crippen molar-refractivity contribution in [3.63, 3.8) is 0 Å². The monoisotopic (exact) mass is 304 g/mol. The highest BCUT2D eigenvalue weighted by atomic mass is 32.1. The number of carbonyl (C=O) groups excluding carboxylic acids is 2. The fraction of sp³-hybridized carbons (Fsp3) is 0.200. The minimum atomic E-state index is -0.453. The number of rotatable bonds is 6. The summed E-state index contributed by atoms with van der Waals surface area (Å²) >= 11 is 1.30. The van der Waals surface area contributed by atoms with Gasteiger partial charge in [-0.1, -0.05) is 24.3 Å². The van der Waals surface area contributed by atoms with Gasteiger partial charge in [0.1, 0.15) is 4.88 Å². The van der Waals surface area contributed by atoms with Crippen LogP contribution in [0.1, 0.15) is 9.67 Å². The number of nitrogens with one attached hydrogen (secondary N) is 2. The molecule has 0 saturated heterocycles. The van der Waals surface area contributed by atoms with E-state index in [2.05, 4.69) is 17.2 Å². The lowest BCUT2D eigenvalue weighted by atomic mass is 10.2. The molecule has 0 bridgehead atoms. The van der Waals surface area contributed by atoms with Gasteiger partial charge in [0.05, 0.1) is 19.3 Å². The van der Waals surface area contributed by atoms with Crippen LogP contribution in [0.25, 0.3) is 10.1 Å². The Hall–Kier alpha value is -2.18. The molecule has 1 amide bonds. The summed E-state index contributed by atoms with van der Waals surface area (Å²) in [5.41, 5.74) is 0.507. The number of methoxy groups -OCH3 is 1. The third-order valence-electron chi connectivity index (χ3n) is 2.80. The first kappa shape index (κ1) is 15.2. The van der Waals surface area contributed by atoms with Crippen molar-refractivity contribution in [1.82, 2.24) is 5.32 Å². The molecule has 110 valence electrons. The Balaban J connectivity index is 2.29. The van der Waals surface area contributed by atoms with E-state index in [9.17, 15) is 9.59 Å². The maximum atomic E-state index is 11.9. The van der Waals surface area contributed by atoms with E-state index in [1.807, 2.05) is 24.3 Å². The topological polar surface area (TPSA) is 67.4 Å². The number of amides is 1. The standard InChI is InChI=1S/C15H16N2O3S/c1-3-8-16-9-12(18)17-13-10-6-4-5-7-11(10)21-14(13)15(19)20-2/h3-7,16H,1,8-9H2,2H3,(H,17,18). The number of benzene rings is 1. The number of ether oxygens (including phenoxy) is 1. The number of esters is 1. The summed E-state index contributed by atoms with van der Waals surface area (Å²) in [6.07, 6.45) is 1.67. The molecular weight excluding hydrogens is 288 g/mol. The molecule has 2 rings (SSSR count). The molecule has 0 saturated carbocycles. The molecule has 1 aromatic carbocycles. The van der Waals surface area contributed by atoms with Gasteiger partial charge in [-0.25, -0.2) is 4.79 Å². The highest BCUT2D eigenvalue weighted by Crippen LogP contribution is 2.36. The lowest BCUT2D eigenvalue weighted by molar-refractivity contribution is -0.115. The van der Waals surface area contributed by atoms with Crippen molar-refractivity contribution in [2.45, 2.75) is 0 Å². The van der Waals surface area contributed by atoms with Crippen LogP contribution in [0.2, 0.25) is 0 Å². The summed E-state index contributed by atoms with van der Waals surface area (Å²) in [7, 11) is 1.32. The Kier molecular flexibility index (Phi) is 5.08. The molecule has 0 aliphatic rings. The second-order valence-corrected chi connectivity index (χ2v) is 5.31. The van der Waals surface area contributed by atoms with Gasteiger partial charge in [0.25, 0.3) is 0 Å². The van der Waals surface area contributed by atoms with Crippen LogP contribution in [0.15, 0.2) is 36.9 Å². The van der Waals surface area contributed by atoms with Crippen LogP contribution in [0, 0.1) is 0 Å². The van der Waals surface area contributed by atoms with Gasteiger partial charge in [-0.15, -0.1) is 17.9 Å². The molecule has 0 atom stereocenters. The molecule has 0 fully saturated rings. The molecule has 2 N–H and O–H groups in total. The minimum Gasteiger partial charge on any atom is -0.465 e. The van der Waals surface area contributed by atoms with Crippen molar-refractivity contribution in [2.75, 3.05) is 25.5 Å². The van der Waals surface area contributed by atoms with Gasteiger partial charge in [-0.05, 0) is 6.07 Å². The molecule has 0 aliphatic carbocycles. The lowest BCUT2D eigenvalue weighted by Crippen LogP contribution is -2.28. The van der Waals surface area contributed by atoms with E-state index in [0.29, 0.717) is 17.1 Å². The molecule has 0 radical (unpaired) electrons. The third-order valence-corrected chi connectivity index (χ3v) is 3.96. The Morgan fingerprint density at radius 1 is 1.38 bits per heavy atom.